The molecule has 3 atom stereocenters. The van der Waals surface area contributed by atoms with Gasteiger partial charge in [-0.3, -0.25) is 4.79 Å². The lowest BCUT2D eigenvalue weighted by Gasteiger charge is -2.29. The highest BCUT2D eigenvalue weighted by atomic mass is 16.6. The van der Waals surface area contributed by atoms with Crippen LogP contribution < -0.4 is 4.74 Å². The van der Waals surface area contributed by atoms with E-state index in [0.29, 0.717) is 18.2 Å². The van der Waals surface area contributed by atoms with E-state index in [4.69, 9.17) is 9.47 Å². The molecule has 1 N–H and O–H groups in total. The van der Waals surface area contributed by atoms with Crippen LogP contribution in [0.4, 0.5) is 0 Å². The zero-order chi connectivity index (χ0) is 20.1. The van der Waals surface area contributed by atoms with Crippen LogP contribution >= 0.6 is 0 Å². The lowest BCUT2D eigenvalue weighted by molar-refractivity contribution is -0.160. The largest absolute Gasteiger partial charge is 0.496 e. The Morgan fingerprint density at radius 2 is 2.00 bits per heavy atom. The summed E-state index contributed by atoms with van der Waals surface area (Å²) in [5.74, 6) is 0.848. The molecule has 0 unspecified atom stereocenters. The maximum absolute atomic E-state index is 13.4. The minimum Gasteiger partial charge on any atom is -0.496 e. The van der Waals surface area contributed by atoms with Crippen LogP contribution in [0.1, 0.15) is 50.5 Å². The van der Waals surface area contributed by atoms with E-state index in [1.807, 2.05) is 45.0 Å². The van der Waals surface area contributed by atoms with Crippen LogP contribution in [0.5, 0.6) is 5.75 Å². The monoisotopic (exact) mass is 384 g/mol. The number of likely N-dealkylation sites (tertiary alicyclic amines) is 1. The second-order valence-corrected chi connectivity index (χ2v) is 8.90. The van der Waals surface area contributed by atoms with Crippen molar-refractivity contribution in [1.29, 1.82) is 0 Å². The number of nitrogens with zero attached hydrogens (tertiary/aromatic N) is 1. The number of methoxy groups -OCH3 is 1. The van der Waals surface area contributed by atoms with Crippen molar-refractivity contribution in [2.45, 2.75) is 51.7 Å². The van der Waals surface area contributed by atoms with Crippen molar-refractivity contribution in [2.24, 2.45) is 11.8 Å². The normalized spacial score (nSPS) is 24.4. The fourth-order valence-corrected chi connectivity index (χ4v) is 4.75. The van der Waals surface area contributed by atoms with Gasteiger partial charge in [0.15, 0.2) is 0 Å². The highest BCUT2D eigenvalue weighted by Gasteiger charge is 2.51. The molecule has 2 heterocycles. The number of aromatic amines is 1. The van der Waals surface area contributed by atoms with Gasteiger partial charge in [-0.05, 0) is 63.6 Å². The zero-order valence-electron chi connectivity index (χ0n) is 17.0. The second-order valence-electron chi connectivity index (χ2n) is 8.90. The quantitative estimate of drug-likeness (QED) is 0.818. The smallest absolute Gasteiger partial charge is 0.329 e. The number of amides is 1. The molecule has 1 amide bonds. The molecule has 28 heavy (non-hydrogen) atoms. The first-order valence-corrected chi connectivity index (χ1v) is 9.98. The van der Waals surface area contributed by atoms with Crippen LogP contribution in [0.15, 0.2) is 24.3 Å². The van der Waals surface area contributed by atoms with Gasteiger partial charge in [-0.25, -0.2) is 4.79 Å². The average molecular weight is 384 g/mol. The first-order valence-electron chi connectivity index (χ1n) is 9.98. The van der Waals surface area contributed by atoms with Crippen molar-refractivity contribution in [2.75, 3.05) is 13.7 Å². The number of ether oxygens (including phenoxy) is 2. The van der Waals surface area contributed by atoms with Gasteiger partial charge < -0.3 is 19.4 Å². The van der Waals surface area contributed by atoms with Crippen molar-refractivity contribution in [3.63, 3.8) is 0 Å². The van der Waals surface area contributed by atoms with E-state index in [0.717, 1.165) is 35.9 Å². The Morgan fingerprint density at radius 3 is 2.71 bits per heavy atom. The molecule has 1 aliphatic heterocycles. The van der Waals surface area contributed by atoms with Gasteiger partial charge in [-0.2, -0.15) is 0 Å². The zero-order valence-corrected chi connectivity index (χ0v) is 17.0. The van der Waals surface area contributed by atoms with E-state index < -0.39 is 11.6 Å². The Morgan fingerprint density at radius 1 is 1.21 bits per heavy atom. The topological polar surface area (TPSA) is 71.6 Å². The Balaban J connectivity index is 1.66. The number of hydrogen-bond donors (Lipinski definition) is 1. The average Bonchev–Trinajstić information content (AvgIpc) is 3.31. The molecule has 0 spiro atoms. The number of esters is 1. The molecular formula is C22H28N2O4. The van der Waals surface area contributed by atoms with Gasteiger partial charge in [0.25, 0.3) is 5.91 Å². The number of aromatic nitrogens is 1. The molecule has 1 aliphatic carbocycles. The molecule has 2 fully saturated rings. The van der Waals surface area contributed by atoms with Gasteiger partial charge in [0.1, 0.15) is 23.1 Å². The van der Waals surface area contributed by atoms with Crippen LogP contribution in [-0.2, 0) is 9.53 Å². The molecule has 4 rings (SSSR count). The molecule has 2 aromatic rings. The van der Waals surface area contributed by atoms with Crippen LogP contribution in [0.2, 0.25) is 0 Å². The molecule has 2 aliphatic rings. The number of hydrogen-bond acceptors (Lipinski definition) is 4. The summed E-state index contributed by atoms with van der Waals surface area (Å²) in [5, 5.41) is 0.863. The van der Waals surface area contributed by atoms with Gasteiger partial charge in [0.05, 0.1) is 7.11 Å². The second kappa shape index (κ2) is 6.83. The number of fused-ring (bicyclic) bond motifs is 2. The van der Waals surface area contributed by atoms with Gasteiger partial charge in [-0.1, -0.05) is 12.5 Å². The number of H-pyrrole nitrogens is 1. The number of carbonyl (C=O) groups excluding carboxylic acids is 2. The van der Waals surface area contributed by atoms with Crippen molar-refractivity contribution < 1.29 is 19.1 Å². The van der Waals surface area contributed by atoms with Crippen LogP contribution in [0, 0.1) is 11.8 Å². The van der Waals surface area contributed by atoms with Gasteiger partial charge in [-0.15, -0.1) is 0 Å². The molecule has 150 valence electrons. The van der Waals surface area contributed by atoms with Gasteiger partial charge in [0.2, 0.25) is 0 Å². The molecule has 0 radical (unpaired) electrons. The summed E-state index contributed by atoms with van der Waals surface area (Å²) in [5.41, 5.74) is 0.751. The molecule has 1 aromatic carbocycles. The Bertz CT molecular complexity index is 911. The van der Waals surface area contributed by atoms with E-state index >= 15 is 0 Å². The first-order chi connectivity index (χ1) is 13.3. The third kappa shape index (κ3) is 3.25. The molecule has 6 heteroatoms. The van der Waals surface area contributed by atoms with Crippen LogP contribution in [0.3, 0.4) is 0 Å². The third-order valence-electron chi connectivity index (χ3n) is 5.87. The molecular weight excluding hydrogens is 356 g/mol. The predicted molar refractivity (Wildman–Crippen MR) is 106 cm³/mol. The fraction of sp³-hybridized carbons (Fsp3) is 0.545. The molecule has 1 saturated heterocycles. The maximum atomic E-state index is 13.4. The minimum absolute atomic E-state index is 0.150. The van der Waals surface area contributed by atoms with Crippen molar-refractivity contribution in [3.05, 3.63) is 30.0 Å². The van der Waals surface area contributed by atoms with Crippen molar-refractivity contribution >= 4 is 22.8 Å². The molecule has 0 bridgehead atoms. The van der Waals surface area contributed by atoms with E-state index in [-0.39, 0.29) is 17.8 Å². The lowest BCUT2D eigenvalue weighted by Crippen LogP contribution is -2.46. The summed E-state index contributed by atoms with van der Waals surface area (Å²) in [6.45, 7) is 6.20. The summed E-state index contributed by atoms with van der Waals surface area (Å²) in [4.78, 5) is 31.3. The molecule has 1 saturated carbocycles. The summed E-state index contributed by atoms with van der Waals surface area (Å²) < 4.78 is 11.1. The first kappa shape index (κ1) is 18.8. The summed E-state index contributed by atoms with van der Waals surface area (Å²) in [7, 11) is 1.61. The highest BCUT2D eigenvalue weighted by molar-refractivity contribution is 6.01. The Kier molecular flexibility index (Phi) is 4.60. The molecule has 1 aromatic heterocycles. The van der Waals surface area contributed by atoms with Gasteiger partial charge >= 0.3 is 5.97 Å². The summed E-state index contributed by atoms with van der Waals surface area (Å²) >= 11 is 0. The predicted octanol–water partition coefficient (Wildman–Crippen LogP) is 3.76. The minimum atomic E-state index is -0.572. The van der Waals surface area contributed by atoms with Crippen molar-refractivity contribution in [3.8, 4) is 5.75 Å². The Labute approximate surface area is 165 Å². The highest BCUT2D eigenvalue weighted by Crippen LogP contribution is 2.43. The summed E-state index contributed by atoms with van der Waals surface area (Å²) in [6.07, 6.45) is 3.15. The Hall–Kier alpha value is -2.50. The number of nitrogens with one attached hydrogen (secondary N) is 1. The third-order valence-corrected chi connectivity index (χ3v) is 5.87. The van der Waals surface area contributed by atoms with E-state index in [1.165, 1.54) is 0 Å². The standard InChI is InChI=1S/C22H28N2O4/c1-22(2,3)28-21(26)19-14-8-5-7-13(14)12-24(19)20(25)17-11-15-16(23-17)9-6-10-18(15)27-4/h6,9-11,13-14,19,23H,5,7-8,12H2,1-4H3/t13-,14-,19-/m0/s1. The summed E-state index contributed by atoms with van der Waals surface area (Å²) in [6, 6.07) is 6.98. The van der Waals surface area contributed by atoms with Crippen LogP contribution in [0.25, 0.3) is 10.9 Å². The van der Waals surface area contributed by atoms with E-state index in [9.17, 15) is 9.59 Å². The number of carbonyl (C=O) groups is 2. The molecule has 6 nitrogen and oxygen atoms in total. The van der Waals surface area contributed by atoms with E-state index in [2.05, 4.69) is 4.98 Å². The fourth-order valence-electron chi connectivity index (χ4n) is 4.75. The number of benzene rings is 1. The van der Waals surface area contributed by atoms with Crippen molar-refractivity contribution in [1.82, 2.24) is 9.88 Å². The number of rotatable bonds is 3. The maximum Gasteiger partial charge on any atom is 0.329 e. The lowest BCUT2D eigenvalue weighted by atomic mass is 9.94. The van der Waals surface area contributed by atoms with Gasteiger partial charge in [0, 0.05) is 17.4 Å². The SMILES string of the molecule is COc1cccc2[nH]c(C(=O)N3C[C@@H]4CCC[C@@H]4[C@H]3C(=O)OC(C)(C)C)cc12. The van der Waals surface area contributed by atoms with E-state index in [1.54, 1.807) is 12.0 Å². The van der Waals surface area contributed by atoms with Crippen LogP contribution in [-0.4, -0.2) is 47.1 Å².